The summed E-state index contributed by atoms with van der Waals surface area (Å²) >= 11 is 6.07. The van der Waals surface area contributed by atoms with E-state index in [1.54, 1.807) is 17.7 Å². The van der Waals surface area contributed by atoms with E-state index < -0.39 is 0 Å². The number of fused-ring (bicyclic) bond motifs is 1. The molecule has 0 aliphatic heterocycles. The van der Waals surface area contributed by atoms with Crippen LogP contribution in [0.5, 0.6) is 5.75 Å². The smallest absolute Gasteiger partial charge is 0.182 e. The Morgan fingerprint density at radius 1 is 1.22 bits per heavy atom. The predicted octanol–water partition coefficient (Wildman–Crippen LogP) is 3.06. The van der Waals surface area contributed by atoms with Gasteiger partial charge in [-0.15, -0.1) is 5.10 Å². The van der Waals surface area contributed by atoms with E-state index >= 15 is 0 Å². The van der Waals surface area contributed by atoms with Gasteiger partial charge in [0.2, 0.25) is 0 Å². The summed E-state index contributed by atoms with van der Waals surface area (Å²) in [6.45, 7) is 0. The number of ether oxygens (including phenoxy) is 1. The van der Waals surface area contributed by atoms with Gasteiger partial charge in [-0.05, 0) is 24.3 Å². The van der Waals surface area contributed by atoms with Crippen molar-refractivity contribution in [1.82, 2.24) is 14.6 Å². The fourth-order valence-corrected chi connectivity index (χ4v) is 1.96. The number of pyridine rings is 1. The fraction of sp³-hybridized carbons (Fsp3) is 0.0769. The standard InChI is InChI=1S/C13H10ClN3O/c1-18-10-5-2-4-9(8-10)12-15-13-11(14)6-3-7-17(13)16-12/h2-8H,1H3. The summed E-state index contributed by atoms with van der Waals surface area (Å²) in [6, 6.07) is 11.2. The monoisotopic (exact) mass is 259 g/mol. The molecule has 0 fully saturated rings. The first-order chi connectivity index (χ1) is 8.78. The minimum Gasteiger partial charge on any atom is -0.497 e. The van der Waals surface area contributed by atoms with Crippen molar-refractivity contribution in [3.05, 3.63) is 47.6 Å². The van der Waals surface area contributed by atoms with Crippen LogP contribution in [0.1, 0.15) is 0 Å². The van der Waals surface area contributed by atoms with Crippen LogP contribution in [0.2, 0.25) is 5.02 Å². The molecule has 2 heterocycles. The number of benzene rings is 1. The van der Waals surface area contributed by atoms with Crippen LogP contribution in [0.25, 0.3) is 17.0 Å². The number of hydrogen-bond donors (Lipinski definition) is 0. The first kappa shape index (κ1) is 11.0. The van der Waals surface area contributed by atoms with Crippen LogP contribution in [0.4, 0.5) is 0 Å². The number of aromatic nitrogens is 3. The second-order valence-electron chi connectivity index (χ2n) is 3.79. The third-order valence-electron chi connectivity index (χ3n) is 2.64. The minimum atomic E-state index is 0.583. The number of rotatable bonds is 2. The van der Waals surface area contributed by atoms with Crippen LogP contribution in [-0.2, 0) is 0 Å². The zero-order chi connectivity index (χ0) is 12.5. The number of halogens is 1. The van der Waals surface area contributed by atoms with Crippen LogP contribution in [0.15, 0.2) is 42.6 Å². The molecular weight excluding hydrogens is 250 g/mol. The molecule has 0 spiro atoms. The summed E-state index contributed by atoms with van der Waals surface area (Å²) in [4.78, 5) is 4.42. The molecule has 90 valence electrons. The molecule has 0 aliphatic rings. The lowest BCUT2D eigenvalue weighted by atomic mass is 10.2. The van der Waals surface area contributed by atoms with Gasteiger partial charge in [-0.25, -0.2) is 9.50 Å². The molecule has 4 nitrogen and oxygen atoms in total. The molecule has 1 aromatic carbocycles. The van der Waals surface area contributed by atoms with Crippen molar-refractivity contribution in [2.45, 2.75) is 0 Å². The molecule has 18 heavy (non-hydrogen) atoms. The van der Waals surface area contributed by atoms with Gasteiger partial charge in [0.1, 0.15) is 5.75 Å². The van der Waals surface area contributed by atoms with Gasteiger partial charge in [-0.3, -0.25) is 0 Å². The lowest BCUT2D eigenvalue weighted by Gasteiger charge is -2.00. The number of hydrogen-bond acceptors (Lipinski definition) is 3. The Labute approximate surface area is 109 Å². The number of methoxy groups -OCH3 is 1. The Bertz CT molecular complexity index is 708. The fourth-order valence-electron chi connectivity index (χ4n) is 1.76. The maximum atomic E-state index is 6.07. The lowest BCUT2D eigenvalue weighted by molar-refractivity contribution is 0.415. The number of nitrogens with zero attached hydrogens (tertiary/aromatic N) is 3. The highest BCUT2D eigenvalue weighted by atomic mass is 35.5. The van der Waals surface area contributed by atoms with Gasteiger partial charge in [0, 0.05) is 11.8 Å². The van der Waals surface area contributed by atoms with Crippen molar-refractivity contribution in [3.63, 3.8) is 0 Å². The van der Waals surface area contributed by atoms with Gasteiger partial charge in [0.05, 0.1) is 12.1 Å². The minimum absolute atomic E-state index is 0.583. The molecule has 5 heteroatoms. The van der Waals surface area contributed by atoms with E-state index in [1.165, 1.54) is 0 Å². The lowest BCUT2D eigenvalue weighted by Crippen LogP contribution is -1.87. The van der Waals surface area contributed by atoms with Crippen LogP contribution >= 0.6 is 11.6 Å². The molecule has 0 atom stereocenters. The third kappa shape index (κ3) is 1.80. The molecular formula is C13H10ClN3O. The SMILES string of the molecule is COc1cccc(-c2nc3c(Cl)cccn3n2)c1. The van der Waals surface area contributed by atoms with Crippen molar-refractivity contribution in [2.75, 3.05) is 7.11 Å². The second kappa shape index (κ2) is 4.31. The van der Waals surface area contributed by atoms with Crippen molar-refractivity contribution < 1.29 is 4.74 Å². The molecule has 0 saturated heterocycles. The zero-order valence-corrected chi connectivity index (χ0v) is 10.4. The van der Waals surface area contributed by atoms with Gasteiger partial charge in [0.15, 0.2) is 11.5 Å². The van der Waals surface area contributed by atoms with E-state index in [2.05, 4.69) is 10.1 Å². The van der Waals surface area contributed by atoms with Crippen LogP contribution in [0.3, 0.4) is 0 Å². The van der Waals surface area contributed by atoms with Gasteiger partial charge in [-0.1, -0.05) is 23.7 Å². The van der Waals surface area contributed by atoms with E-state index in [0.717, 1.165) is 11.3 Å². The largest absolute Gasteiger partial charge is 0.497 e. The van der Waals surface area contributed by atoms with E-state index in [-0.39, 0.29) is 0 Å². The molecule has 0 aliphatic carbocycles. The van der Waals surface area contributed by atoms with Crippen molar-refractivity contribution >= 4 is 17.2 Å². The molecule has 2 aromatic heterocycles. The topological polar surface area (TPSA) is 39.4 Å². The average Bonchev–Trinajstić information content (AvgIpc) is 2.84. The van der Waals surface area contributed by atoms with E-state index in [1.807, 2.05) is 36.5 Å². The molecule has 0 N–H and O–H groups in total. The summed E-state index contributed by atoms with van der Waals surface area (Å²) in [6.07, 6.45) is 1.82. The zero-order valence-electron chi connectivity index (χ0n) is 9.67. The molecule has 3 rings (SSSR count). The van der Waals surface area contributed by atoms with Crippen molar-refractivity contribution in [1.29, 1.82) is 0 Å². The molecule has 0 unspecified atom stereocenters. The van der Waals surface area contributed by atoms with Crippen molar-refractivity contribution in [3.8, 4) is 17.1 Å². The van der Waals surface area contributed by atoms with E-state index in [4.69, 9.17) is 16.3 Å². The molecule has 3 aromatic rings. The van der Waals surface area contributed by atoms with Gasteiger partial charge in [0.25, 0.3) is 0 Å². The predicted molar refractivity (Wildman–Crippen MR) is 70.0 cm³/mol. The Kier molecular flexibility index (Phi) is 2.64. The summed E-state index contributed by atoms with van der Waals surface area (Å²) in [5, 5.41) is 4.97. The molecule has 0 amide bonds. The molecule has 0 radical (unpaired) electrons. The highest BCUT2D eigenvalue weighted by Gasteiger charge is 2.09. The third-order valence-corrected chi connectivity index (χ3v) is 2.94. The summed E-state index contributed by atoms with van der Waals surface area (Å²) < 4.78 is 6.85. The summed E-state index contributed by atoms with van der Waals surface area (Å²) in [5.41, 5.74) is 1.55. The normalized spacial score (nSPS) is 10.8. The van der Waals surface area contributed by atoms with Gasteiger partial charge >= 0.3 is 0 Å². The quantitative estimate of drug-likeness (QED) is 0.710. The Hall–Kier alpha value is -2.07. The van der Waals surface area contributed by atoms with Crippen molar-refractivity contribution in [2.24, 2.45) is 0 Å². The Balaban J connectivity index is 2.16. The Morgan fingerprint density at radius 3 is 2.89 bits per heavy atom. The first-order valence-corrected chi connectivity index (χ1v) is 5.81. The first-order valence-electron chi connectivity index (χ1n) is 5.43. The highest BCUT2D eigenvalue weighted by molar-refractivity contribution is 6.33. The average molecular weight is 260 g/mol. The van der Waals surface area contributed by atoms with Crippen LogP contribution in [-0.4, -0.2) is 21.7 Å². The molecule has 0 saturated carbocycles. The van der Waals surface area contributed by atoms with Gasteiger partial charge < -0.3 is 4.74 Å². The van der Waals surface area contributed by atoms with Gasteiger partial charge in [-0.2, -0.15) is 0 Å². The van der Waals surface area contributed by atoms with E-state index in [0.29, 0.717) is 16.5 Å². The summed E-state index contributed by atoms with van der Waals surface area (Å²) in [5.74, 6) is 1.40. The molecule has 0 bridgehead atoms. The Morgan fingerprint density at radius 2 is 2.11 bits per heavy atom. The van der Waals surface area contributed by atoms with Crippen LogP contribution < -0.4 is 4.74 Å². The summed E-state index contributed by atoms with van der Waals surface area (Å²) in [7, 11) is 1.63. The van der Waals surface area contributed by atoms with E-state index in [9.17, 15) is 0 Å². The maximum absolute atomic E-state index is 6.07. The van der Waals surface area contributed by atoms with Crippen LogP contribution in [0, 0.1) is 0 Å². The maximum Gasteiger partial charge on any atom is 0.182 e. The second-order valence-corrected chi connectivity index (χ2v) is 4.20. The highest BCUT2D eigenvalue weighted by Crippen LogP contribution is 2.23.